The number of hydrogen-bond donors (Lipinski definition) is 1. The third-order valence-corrected chi connectivity index (χ3v) is 5.40. The van der Waals surface area contributed by atoms with Crippen molar-refractivity contribution in [3.63, 3.8) is 0 Å². The first-order chi connectivity index (χ1) is 11.8. The van der Waals surface area contributed by atoms with Gasteiger partial charge in [-0.1, -0.05) is 71.1 Å². The Labute approximate surface area is 150 Å². The van der Waals surface area contributed by atoms with Crippen LogP contribution in [0.2, 0.25) is 0 Å². The van der Waals surface area contributed by atoms with Gasteiger partial charge < -0.3 is 10.0 Å². The number of carbonyl (C=O) groups is 1. The Kier molecular flexibility index (Phi) is 13.2. The molecule has 0 aromatic heterocycles. The summed E-state index contributed by atoms with van der Waals surface area (Å²) >= 11 is 0. The van der Waals surface area contributed by atoms with E-state index in [0.717, 1.165) is 32.2 Å². The van der Waals surface area contributed by atoms with E-state index in [1.165, 1.54) is 70.6 Å². The second-order valence-corrected chi connectivity index (χ2v) is 7.53. The van der Waals surface area contributed by atoms with Crippen LogP contribution in [0.5, 0.6) is 0 Å². The number of nitrogens with zero attached hydrogens (tertiary/aromatic N) is 1. The highest BCUT2D eigenvalue weighted by atomic mass is 16.3. The first-order valence-electron chi connectivity index (χ1n) is 10.7. The van der Waals surface area contributed by atoms with Gasteiger partial charge in [0, 0.05) is 25.6 Å². The standard InChI is InChI=1S/C21H41NO2/c1-2-3-4-5-6-7-8-9-10-11-12-16-21(24)22-18-14-13-15-20(22)17-19-23/h20,23H,2-19H2,1H3. The summed E-state index contributed by atoms with van der Waals surface area (Å²) in [5.74, 6) is 0.323. The molecule has 1 heterocycles. The molecule has 0 spiro atoms. The quantitative estimate of drug-likeness (QED) is 0.427. The van der Waals surface area contributed by atoms with Crippen LogP contribution < -0.4 is 0 Å². The molecule has 0 aliphatic carbocycles. The van der Waals surface area contributed by atoms with Crippen LogP contribution in [0.4, 0.5) is 0 Å². The van der Waals surface area contributed by atoms with E-state index in [9.17, 15) is 4.79 Å². The van der Waals surface area contributed by atoms with Crippen LogP contribution in [0.1, 0.15) is 110 Å². The van der Waals surface area contributed by atoms with Crippen molar-refractivity contribution in [1.29, 1.82) is 0 Å². The van der Waals surface area contributed by atoms with E-state index in [1.54, 1.807) is 0 Å². The average molecular weight is 340 g/mol. The van der Waals surface area contributed by atoms with E-state index < -0.39 is 0 Å². The fraction of sp³-hybridized carbons (Fsp3) is 0.952. The molecule has 3 nitrogen and oxygen atoms in total. The smallest absolute Gasteiger partial charge is 0.222 e. The number of aliphatic hydroxyl groups excluding tert-OH is 1. The van der Waals surface area contributed by atoms with Gasteiger partial charge in [-0.15, -0.1) is 0 Å². The van der Waals surface area contributed by atoms with Gasteiger partial charge in [0.1, 0.15) is 0 Å². The molecule has 142 valence electrons. The van der Waals surface area contributed by atoms with Crippen LogP contribution in [-0.4, -0.2) is 35.1 Å². The molecule has 1 rings (SSSR count). The highest BCUT2D eigenvalue weighted by Gasteiger charge is 2.25. The maximum atomic E-state index is 12.4. The molecule has 1 aliphatic rings. The molecular formula is C21H41NO2. The molecule has 0 aromatic carbocycles. The van der Waals surface area contributed by atoms with E-state index in [2.05, 4.69) is 11.8 Å². The van der Waals surface area contributed by atoms with Crippen LogP contribution in [0.3, 0.4) is 0 Å². The SMILES string of the molecule is CCCCCCCCCCCCCC(=O)N1CCCCC1CCO. The Balaban J connectivity index is 1.97. The maximum absolute atomic E-state index is 12.4. The highest BCUT2D eigenvalue weighted by Crippen LogP contribution is 2.21. The Morgan fingerprint density at radius 3 is 2.08 bits per heavy atom. The Hall–Kier alpha value is -0.570. The number of likely N-dealkylation sites (tertiary alicyclic amines) is 1. The lowest BCUT2D eigenvalue weighted by Gasteiger charge is -2.35. The molecule has 0 radical (unpaired) electrons. The van der Waals surface area contributed by atoms with Crippen molar-refractivity contribution in [3.05, 3.63) is 0 Å². The largest absolute Gasteiger partial charge is 0.396 e. The van der Waals surface area contributed by atoms with Crippen LogP contribution >= 0.6 is 0 Å². The minimum absolute atomic E-state index is 0.201. The number of unbranched alkanes of at least 4 members (excludes halogenated alkanes) is 10. The first-order valence-corrected chi connectivity index (χ1v) is 10.7. The molecule has 3 heteroatoms. The van der Waals surface area contributed by atoms with Gasteiger partial charge in [-0.3, -0.25) is 4.79 Å². The maximum Gasteiger partial charge on any atom is 0.222 e. The normalized spacial score (nSPS) is 18.1. The van der Waals surface area contributed by atoms with Gasteiger partial charge in [0.2, 0.25) is 5.91 Å². The van der Waals surface area contributed by atoms with Gasteiger partial charge in [0.15, 0.2) is 0 Å². The molecule has 1 aliphatic heterocycles. The van der Waals surface area contributed by atoms with Gasteiger partial charge >= 0.3 is 0 Å². The third-order valence-electron chi connectivity index (χ3n) is 5.40. The Bertz CT molecular complexity index is 304. The third kappa shape index (κ3) is 9.66. The predicted molar refractivity (Wildman–Crippen MR) is 102 cm³/mol. The van der Waals surface area contributed by atoms with Crippen molar-refractivity contribution in [2.75, 3.05) is 13.2 Å². The van der Waals surface area contributed by atoms with E-state index in [4.69, 9.17) is 5.11 Å². The summed E-state index contributed by atoms with van der Waals surface area (Å²) in [7, 11) is 0. The topological polar surface area (TPSA) is 40.5 Å². The molecule has 1 unspecified atom stereocenters. The van der Waals surface area contributed by atoms with E-state index in [0.29, 0.717) is 18.4 Å². The summed E-state index contributed by atoms with van der Waals surface area (Å²) in [6, 6.07) is 0.295. The lowest BCUT2D eigenvalue weighted by molar-refractivity contribution is -0.135. The average Bonchev–Trinajstić information content (AvgIpc) is 2.60. The minimum Gasteiger partial charge on any atom is -0.396 e. The zero-order valence-corrected chi connectivity index (χ0v) is 16.1. The number of piperidine rings is 1. The van der Waals surface area contributed by atoms with Gasteiger partial charge in [-0.05, 0) is 32.1 Å². The second-order valence-electron chi connectivity index (χ2n) is 7.53. The highest BCUT2D eigenvalue weighted by molar-refractivity contribution is 5.76. The Morgan fingerprint density at radius 1 is 0.917 bits per heavy atom. The van der Waals surface area contributed by atoms with Crippen LogP contribution in [0.25, 0.3) is 0 Å². The van der Waals surface area contributed by atoms with E-state index in [1.807, 2.05) is 0 Å². The van der Waals surface area contributed by atoms with Crippen molar-refractivity contribution in [2.24, 2.45) is 0 Å². The molecule has 1 amide bonds. The van der Waals surface area contributed by atoms with Crippen molar-refractivity contribution in [1.82, 2.24) is 4.90 Å². The molecule has 0 saturated carbocycles. The van der Waals surface area contributed by atoms with Gasteiger partial charge in [0.25, 0.3) is 0 Å². The fourth-order valence-electron chi connectivity index (χ4n) is 3.86. The van der Waals surface area contributed by atoms with Crippen molar-refractivity contribution >= 4 is 5.91 Å². The second kappa shape index (κ2) is 14.7. The van der Waals surface area contributed by atoms with Crippen LogP contribution in [0.15, 0.2) is 0 Å². The number of rotatable bonds is 14. The number of carbonyl (C=O) groups excluding carboxylic acids is 1. The fourth-order valence-corrected chi connectivity index (χ4v) is 3.86. The van der Waals surface area contributed by atoms with Gasteiger partial charge in [-0.2, -0.15) is 0 Å². The van der Waals surface area contributed by atoms with Gasteiger partial charge in [-0.25, -0.2) is 0 Å². The number of hydrogen-bond acceptors (Lipinski definition) is 2. The number of aliphatic hydroxyl groups is 1. The Morgan fingerprint density at radius 2 is 1.50 bits per heavy atom. The number of amides is 1. The van der Waals surface area contributed by atoms with Crippen molar-refractivity contribution < 1.29 is 9.90 Å². The van der Waals surface area contributed by atoms with Crippen molar-refractivity contribution in [2.45, 2.75) is 116 Å². The molecule has 1 fully saturated rings. The van der Waals surface area contributed by atoms with E-state index in [-0.39, 0.29) is 6.61 Å². The molecule has 1 saturated heterocycles. The predicted octanol–water partition coefficient (Wildman–Crippen LogP) is 5.45. The lowest BCUT2D eigenvalue weighted by Crippen LogP contribution is -2.44. The van der Waals surface area contributed by atoms with Gasteiger partial charge in [0.05, 0.1) is 0 Å². The summed E-state index contributed by atoms with van der Waals surface area (Å²) in [6.07, 6.45) is 19.4. The van der Waals surface area contributed by atoms with Crippen LogP contribution in [-0.2, 0) is 4.79 Å². The molecule has 1 atom stereocenters. The summed E-state index contributed by atoms with van der Waals surface area (Å²) in [5, 5.41) is 9.16. The summed E-state index contributed by atoms with van der Waals surface area (Å²) in [6.45, 7) is 3.37. The minimum atomic E-state index is 0.201. The lowest BCUT2D eigenvalue weighted by atomic mass is 9.98. The molecule has 1 N–H and O–H groups in total. The summed E-state index contributed by atoms with van der Waals surface area (Å²) < 4.78 is 0. The first kappa shape index (κ1) is 21.5. The zero-order chi connectivity index (χ0) is 17.5. The monoisotopic (exact) mass is 339 g/mol. The molecule has 24 heavy (non-hydrogen) atoms. The molecule has 0 bridgehead atoms. The van der Waals surface area contributed by atoms with E-state index >= 15 is 0 Å². The zero-order valence-electron chi connectivity index (χ0n) is 16.1. The summed E-state index contributed by atoms with van der Waals surface area (Å²) in [5.41, 5.74) is 0. The molecule has 0 aromatic rings. The summed E-state index contributed by atoms with van der Waals surface area (Å²) in [4.78, 5) is 14.4. The van der Waals surface area contributed by atoms with Crippen LogP contribution in [0, 0.1) is 0 Å². The molecular weight excluding hydrogens is 298 g/mol. The van der Waals surface area contributed by atoms with Crippen molar-refractivity contribution in [3.8, 4) is 0 Å².